The number of hydrogen-bond donors (Lipinski definition) is 1. The molecule has 0 radical (unpaired) electrons. The number of para-hydroxylation sites is 2. The van der Waals surface area contributed by atoms with Gasteiger partial charge in [0.15, 0.2) is 6.61 Å². The fourth-order valence-electron chi connectivity index (χ4n) is 2.53. The maximum Gasteiger partial charge on any atom is 0.258 e. The molecule has 2 aromatic carbocycles. The van der Waals surface area contributed by atoms with Crippen molar-refractivity contribution in [3.05, 3.63) is 60.2 Å². The smallest absolute Gasteiger partial charge is 0.258 e. The van der Waals surface area contributed by atoms with Crippen molar-refractivity contribution >= 4 is 21.6 Å². The van der Waals surface area contributed by atoms with Crippen LogP contribution in [-0.4, -0.2) is 40.3 Å². The number of anilines is 1. The maximum atomic E-state index is 12.2. The highest BCUT2D eigenvalue weighted by Gasteiger charge is 2.19. The van der Waals surface area contributed by atoms with Gasteiger partial charge in [-0.25, -0.2) is 8.42 Å². The monoisotopic (exact) mass is 376 g/mol. The second kappa shape index (κ2) is 9.24. The lowest BCUT2D eigenvalue weighted by Gasteiger charge is -2.24. The first kappa shape index (κ1) is 19.8. The summed E-state index contributed by atoms with van der Waals surface area (Å²) in [5, 5.41) is 2.69. The summed E-state index contributed by atoms with van der Waals surface area (Å²) < 4.78 is 31.0. The van der Waals surface area contributed by atoms with Crippen molar-refractivity contribution in [2.75, 3.05) is 30.3 Å². The van der Waals surface area contributed by atoms with E-state index in [9.17, 15) is 13.2 Å². The molecule has 2 aromatic rings. The Labute approximate surface area is 154 Å². The fraction of sp³-hybridized carbons (Fsp3) is 0.316. The number of nitrogens with zero attached hydrogens (tertiary/aromatic N) is 1. The minimum absolute atomic E-state index is 0.117. The lowest BCUT2D eigenvalue weighted by atomic mass is 10.1. The minimum Gasteiger partial charge on any atom is -0.484 e. The number of nitrogens with one attached hydrogen (secondary N) is 1. The molecule has 0 aromatic heterocycles. The van der Waals surface area contributed by atoms with E-state index in [4.69, 9.17) is 4.74 Å². The molecule has 0 spiro atoms. The average molecular weight is 376 g/mol. The van der Waals surface area contributed by atoms with E-state index in [1.165, 1.54) is 10.6 Å². The Hall–Kier alpha value is -2.54. The maximum absolute atomic E-state index is 12.2. The first-order valence-corrected chi connectivity index (χ1v) is 10.3. The van der Waals surface area contributed by atoms with Gasteiger partial charge < -0.3 is 10.1 Å². The van der Waals surface area contributed by atoms with E-state index in [2.05, 4.69) is 5.32 Å². The van der Waals surface area contributed by atoms with Crippen LogP contribution in [0.3, 0.4) is 0 Å². The van der Waals surface area contributed by atoms with Crippen molar-refractivity contribution in [3.63, 3.8) is 0 Å². The van der Waals surface area contributed by atoms with Crippen LogP contribution >= 0.6 is 0 Å². The molecular formula is C19H24N2O4S. The van der Waals surface area contributed by atoms with Crippen LogP contribution in [0, 0.1) is 0 Å². The SMILES string of the molecule is CCc1ccccc1N(CCNC(=O)COc1ccccc1)S(C)(=O)=O. The van der Waals surface area contributed by atoms with Gasteiger partial charge in [-0.15, -0.1) is 0 Å². The Morgan fingerprint density at radius 1 is 1.08 bits per heavy atom. The minimum atomic E-state index is -3.45. The third-order valence-electron chi connectivity index (χ3n) is 3.79. The molecule has 0 bridgehead atoms. The molecule has 1 N–H and O–H groups in total. The van der Waals surface area contributed by atoms with E-state index in [0.29, 0.717) is 11.4 Å². The molecule has 0 aliphatic rings. The van der Waals surface area contributed by atoms with Gasteiger partial charge in [0.25, 0.3) is 5.91 Å². The van der Waals surface area contributed by atoms with E-state index in [1.54, 1.807) is 24.3 Å². The van der Waals surface area contributed by atoms with Gasteiger partial charge in [-0.1, -0.05) is 43.3 Å². The third kappa shape index (κ3) is 5.77. The summed E-state index contributed by atoms with van der Waals surface area (Å²) in [4.78, 5) is 11.9. The largest absolute Gasteiger partial charge is 0.484 e. The Morgan fingerprint density at radius 2 is 1.73 bits per heavy atom. The van der Waals surface area contributed by atoms with Gasteiger partial charge in [0.05, 0.1) is 18.5 Å². The molecule has 0 saturated heterocycles. The second-order valence-electron chi connectivity index (χ2n) is 5.77. The topological polar surface area (TPSA) is 75.7 Å². The first-order valence-electron chi connectivity index (χ1n) is 8.42. The molecule has 1 amide bonds. The quantitative estimate of drug-likeness (QED) is 0.728. The van der Waals surface area contributed by atoms with E-state index in [-0.39, 0.29) is 25.6 Å². The fourth-order valence-corrected chi connectivity index (χ4v) is 3.49. The molecular weight excluding hydrogens is 352 g/mol. The van der Waals surface area contributed by atoms with Crippen LogP contribution in [0.1, 0.15) is 12.5 Å². The summed E-state index contributed by atoms with van der Waals surface area (Å²) in [6.07, 6.45) is 1.89. The molecule has 0 heterocycles. The van der Waals surface area contributed by atoms with Gasteiger partial charge in [0, 0.05) is 6.54 Å². The van der Waals surface area contributed by atoms with Gasteiger partial charge in [0.1, 0.15) is 5.75 Å². The molecule has 2 rings (SSSR count). The highest BCUT2D eigenvalue weighted by molar-refractivity contribution is 7.92. The van der Waals surface area contributed by atoms with Crippen molar-refractivity contribution in [2.45, 2.75) is 13.3 Å². The van der Waals surface area contributed by atoms with Crippen LogP contribution in [0.4, 0.5) is 5.69 Å². The molecule has 0 saturated carbocycles. The van der Waals surface area contributed by atoms with Gasteiger partial charge in [-0.05, 0) is 30.2 Å². The molecule has 0 atom stereocenters. The van der Waals surface area contributed by atoms with Crippen LogP contribution in [0.5, 0.6) is 5.75 Å². The Balaban J connectivity index is 1.93. The van der Waals surface area contributed by atoms with Crippen LogP contribution in [0.2, 0.25) is 0 Å². The van der Waals surface area contributed by atoms with Crippen molar-refractivity contribution in [2.24, 2.45) is 0 Å². The zero-order chi connectivity index (χ0) is 19.0. The van der Waals surface area contributed by atoms with Gasteiger partial charge >= 0.3 is 0 Å². The first-order chi connectivity index (χ1) is 12.4. The summed E-state index contributed by atoms with van der Waals surface area (Å²) in [6.45, 7) is 2.21. The summed E-state index contributed by atoms with van der Waals surface area (Å²) in [6, 6.07) is 16.4. The zero-order valence-corrected chi connectivity index (χ0v) is 15.8. The van der Waals surface area contributed by atoms with E-state index >= 15 is 0 Å². The average Bonchev–Trinajstić information content (AvgIpc) is 2.63. The van der Waals surface area contributed by atoms with Gasteiger partial charge in [-0.3, -0.25) is 9.10 Å². The highest BCUT2D eigenvalue weighted by Crippen LogP contribution is 2.22. The molecule has 7 heteroatoms. The number of carbonyl (C=O) groups is 1. The van der Waals surface area contributed by atoms with Crippen LogP contribution in [-0.2, 0) is 21.2 Å². The van der Waals surface area contributed by atoms with Gasteiger partial charge in [0.2, 0.25) is 10.0 Å². The number of sulfonamides is 1. The number of carbonyl (C=O) groups excluding carboxylic acids is 1. The molecule has 0 aliphatic heterocycles. The van der Waals surface area contributed by atoms with Crippen molar-refractivity contribution in [3.8, 4) is 5.75 Å². The lowest BCUT2D eigenvalue weighted by Crippen LogP contribution is -2.39. The molecule has 140 valence electrons. The number of amides is 1. The molecule has 0 fully saturated rings. The number of rotatable bonds is 9. The summed E-state index contributed by atoms with van der Waals surface area (Å²) in [5.74, 6) is 0.309. The number of aryl methyl sites for hydroxylation is 1. The summed E-state index contributed by atoms with van der Waals surface area (Å²) >= 11 is 0. The van der Waals surface area contributed by atoms with Crippen LogP contribution in [0.15, 0.2) is 54.6 Å². The molecule has 26 heavy (non-hydrogen) atoms. The molecule has 6 nitrogen and oxygen atoms in total. The molecule has 0 unspecified atom stereocenters. The predicted molar refractivity (Wildman–Crippen MR) is 103 cm³/mol. The van der Waals surface area contributed by atoms with Crippen molar-refractivity contribution in [1.82, 2.24) is 5.32 Å². The van der Waals surface area contributed by atoms with Crippen molar-refractivity contribution < 1.29 is 17.9 Å². The van der Waals surface area contributed by atoms with Gasteiger partial charge in [-0.2, -0.15) is 0 Å². The van der Waals surface area contributed by atoms with E-state index in [1.807, 2.05) is 37.3 Å². The van der Waals surface area contributed by atoms with Crippen molar-refractivity contribution in [1.29, 1.82) is 0 Å². The number of ether oxygens (including phenoxy) is 1. The Bertz CT molecular complexity index is 822. The normalized spacial score (nSPS) is 11.0. The Kier molecular flexibility index (Phi) is 7.03. The van der Waals surface area contributed by atoms with E-state index in [0.717, 1.165) is 12.0 Å². The summed E-state index contributed by atoms with van der Waals surface area (Å²) in [5.41, 5.74) is 1.59. The molecule has 0 aliphatic carbocycles. The number of benzene rings is 2. The van der Waals surface area contributed by atoms with Crippen LogP contribution < -0.4 is 14.4 Å². The third-order valence-corrected chi connectivity index (χ3v) is 4.97. The summed E-state index contributed by atoms with van der Waals surface area (Å²) in [7, 11) is -3.45. The standard InChI is InChI=1S/C19H24N2O4S/c1-3-16-9-7-8-12-18(16)21(26(2,23)24)14-13-20-19(22)15-25-17-10-5-4-6-11-17/h4-12H,3,13-15H2,1-2H3,(H,20,22). The van der Waals surface area contributed by atoms with E-state index < -0.39 is 10.0 Å². The number of hydrogen-bond acceptors (Lipinski definition) is 4. The second-order valence-corrected chi connectivity index (χ2v) is 7.68. The predicted octanol–water partition coefficient (Wildman–Crippen LogP) is 2.21. The lowest BCUT2D eigenvalue weighted by molar-refractivity contribution is -0.123. The Morgan fingerprint density at radius 3 is 2.38 bits per heavy atom. The van der Waals surface area contributed by atoms with Crippen LogP contribution in [0.25, 0.3) is 0 Å². The highest BCUT2D eigenvalue weighted by atomic mass is 32.2. The zero-order valence-electron chi connectivity index (χ0n) is 15.0.